The van der Waals surface area contributed by atoms with Crippen LogP contribution in [0, 0.1) is 5.92 Å². The fourth-order valence-electron chi connectivity index (χ4n) is 2.91. The molecule has 0 radical (unpaired) electrons. The molecule has 0 bridgehead atoms. The second kappa shape index (κ2) is 16.3. The summed E-state index contributed by atoms with van der Waals surface area (Å²) in [6, 6.07) is -4.33. The first-order chi connectivity index (χ1) is 15.4. The van der Waals surface area contributed by atoms with Gasteiger partial charge in [-0.05, 0) is 44.6 Å². The Balaban J connectivity index is 5.45. The van der Waals surface area contributed by atoms with E-state index in [4.69, 9.17) is 17.2 Å². The molecule has 4 unspecified atom stereocenters. The third kappa shape index (κ3) is 13.0. The summed E-state index contributed by atoms with van der Waals surface area (Å²) < 4.78 is 0. The zero-order chi connectivity index (χ0) is 25.6. The molecular formula is C20H38N6O6S. The van der Waals surface area contributed by atoms with Crippen molar-refractivity contribution in [2.24, 2.45) is 23.1 Å². The highest BCUT2D eigenvalue weighted by Gasteiger charge is 2.30. The summed E-state index contributed by atoms with van der Waals surface area (Å²) in [7, 11) is 0. The molecule has 0 saturated carbocycles. The van der Waals surface area contributed by atoms with Crippen molar-refractivity contribution in [2.75, 3.05) is 12.3 Å². The van der Waals surface area contributed by atoms with Gasteiger partial charge in [-0.15, -0.1) is 0 Å². The Morgan fingerprint density at radius 1 is 0.879 bits per heavy atom. The van der Waals surface area contributed by atoms with Crippen LogP contribution in [0.3, 0.4) is 0 Å². The number of amides is 4. The van der Waals surface area contributed by atoms with E-state index in [0.29, 0.717) is 19.4 Å². The number of aliphatic carboxylic acids is 1. The zero-order valence-electron chi connectivity index (χ0n) is 19.2. The number of carbonyl (C=O) groups excluding carboxylic acids is 4. The maximum Gasteiger partial charge on any atom is 0.326 e. The Hall–Kier alpha value is -2.38. The average molecular weight is 491 g/mol. The van der Waals surface area contributed by atoms with Gasteiger partial charge >= 0.3 is 5.97 Å². The van der Waals surface area contributed by atoms with Gasteiger partial charge in [-0.25, -0.2) is 4.79 Å². The molecule has 0 spiro atoms. The van der Waals surface area contributed by atoms with E-state index in [-0.39, 0.29) is 37.4 Å². The highest BCUT2D eigenvalue weighted by Crippen LogP contribution is 2.09. The number of carbonyl (C=O) groups is 5. The lowest BCUT2D eigenvalue weighted by Gasteiger charge is -2.26. The summed E-state index contributed by atoms with van der Waals surface area (Å²) in [6.45, 7) is 4.07. The number of rotatable bonds is 17. The Labute approximate surface area is 199 Å². The van der Waals surface area contributed by atoms with Gasteiger partial charge < -0.3 is 38.3 Å². The number of nitrogens with one attached hydrogen (secondary N) is 3. The summed E-state index contributed by atoms with van der Waals surface area (Å²) in [6.07, 6.45) is 1.26. The minimum absolute atomic E-state index is 0.0159. The number of hydrogen-bond donors (Lipinski definition) is 8. The number of carboxylic acid groups (broad SMARTS) is 1. The second-order valence-electron chi connectivity index (χ2n) is 8.23. The van der Waals surface area contributed by atoms with E-state index in [1.54, 1.807) is 0 Å². The fourth-order valence-corrected chi connectivity index (χ4v) is 3.08. The van der Waals surface area contributed by atoms with Crippen molar-refractivity contribution < 1.29 is 29.1 Å². The second-order valence-corrected chi connectivity index (χ2v) is 8.59. The molecule has 0 aliphatic heterocycles. The highest BCUT2D eigenvalue weighted by molar-refractivity contribution is 7.80. The summed E-state index contributed by atoms with van der Waals surface area (Å²) >= 11 is 3.94. The van der Waals surface area contributed by atoms with E-state index in [9.17, 15) is 29.1 Å². The predicted octanol–water partition coefficient (Wildman–Crippen LogP) is -1.78. The number of hydrogen-bond acceptors (Lipinski definition) is 8. The van der Waals surface area contributed by atoms with Crippen molar-refractivity contribution in [1.82, 2.24) is 16.0 Å². The molecule has 10 N–H and O–H groups in total. The van der Waals surface area contributed by atoms with Crippen LogP contribution < -0.4 is 33.2 Å². The molecule has 4 amide bonds. The standard InChI is InChI=1S/C20H38N6O6S/c1-11(2)9-15(19(30)25-14(20(31)32)5-3-4-8-21)26-18(29)13(6-7-16(23)27)24-17(28)12(22)10-33/h11-15,33H,3-10,21-22H2,1-2H3,(H2,23,27)(H,24,28)(H,25,30)(H,26,29)(H,31,32). The number of nitrogens with two attached hydrogens (primary N) is 3. The van der Waals surface area contributed by atoms with Gasteiger partial charge in [0.05, 0.1) is 6.04 Å². The smallest absolute Gasteiger partial charge is 0.326 e. The van der Waals surface area contributed by atoms with Crippen LogP contribution >= 0.6 is 12.6 Å². The van der Waals surface area contributed by atoms with Gasteiger partial charge in [-0.3, -0.25) is 19.2 Å². The van der Waals surface area contributed by atoms with Crippen LogP contribution in [0.1, 0.15) is 52.4 Å². The fraction of sp³-hybridized carbons (Fsp3) is 0.750. The van der Waals surface area contributed by atoms with E-state index in [0.717, 1.165) is 0 Å². The summed E-state index contributed by atoms with van der Waals surface area (Å²) in [5.74, 6) is -3.87. The van der Waals surface area contributed by atoms with Crippen molar-refractivity contribution in [3.05, 3.63) is 0 Å². The third-order valence-electron chi connectivity index (χ3n) is 4.75. The van der Waals surface area contributed by atoms with Crippen LogP contribution in [0.25, 0.3) is 0 Å². The molecule has 33 heavy (non-hydrogen) atoms. The molecular weight excluding hydrogens is 452 g/mol. The minimum Gasteiger partial charge on any atom is -0.480 e. The van der Waals surface area contributed by atoms with Crippen molar-refractivity contribution in [2.45, 2.75) is 76.5 Å². The molecule has 0 aliphatic rings. The molecule has 0 heterocycles. The van der Waals surface area contributed by atoms with Crippen molar-refractivity contribution in [3.63, 3.8) is 0 Å². The summed E-state index contributed by atoms with van der Waals surface area (Å²) in [5, 5.41) is 16.9. The van der Waals surface area contributed by atoms with Crippen molar-refractivity contribution in [1.29, 1.82) is 0 Å². The Kier molecular flexibility index (Phi) is 15.1. The number of thiol groups is 1. The molecule has 13 heteroatoms. The van der Waals surface area contributed by atoms with Crippen LogP contribution in [-0.4, -0.2) is 71.2 Å². The molecule has 0 aliphatic carbocycles. The topological polar surface area (TPSA) is 220 Å². The molecule has 0 saturated heterocycles. The third-order valence-corrected chi connectivity index (χ3v) is 5.14. The lowest BCUT2D eigenvalue weighted by Crippen LogP contribution is -2.57. The predicted molar refractivity (Wildman–Crippen MR) is 126 cm³/mol. The summed E-state index contributed by atoms with van der Waals surface area (Å²) in [4.78, 5) is 60.6. The number of unbranched alkanes of at least 4 members (excludes halogenated alkanes) is 1. The van der Waals surface area contributed by atoms with Crippen molar-refractivity contribution >= 4 is 42.2 Å². The van der Waals surface area contributed by atoms with Gasteiger partial charge in [0.1, 0.15) is 18.1 Å². The van der Waals surface area contributed by atoms with Crippen LogP contribution in [0.2, 0.25) is 0 Å². The minimum atomic E-state index is -1.19. The number of carboxylic acids is 1. The first-order valence-corrected chi connectivity index (χ1v) is 11.5. The van der Waals surface area contributed by atoms with Crippen LogP contribution in [0.15, 0.2) is 0 Å². The Bertz CT molecular complexity index is 677. The van der Waals surface area contributed by atoms with E-state index in [1.165, 1.54) is 0 Å². The normalized spacial score (nSPS) is 14.6. The maximum absolute atomic E-state index is 12.9. The quantitative estimate of drug-likeness (QED) is 0.0858. The largest absolute Gasteiger partial charge is 0.480 e. The molecule has 0 aromatic heterocycles. The van der Waals surface area contributed by atoms with Crippen LogP contribution in [-0.2, 0) is 24.0 Å². The molecule has 0 aromatic rings. The van der Waals surface area contributed by atoms with Gasteiger partial charge in [-0.2, -0.15) is 12.6 Å². The summed E-state index contributed by atoms with van der Waals surface area (Å²) in [5.41, 5.74) is 16.2. The van der Waals surface area contributed by atoms with Gasteiger partial charge in [0.15, 0.2) is 0 Å². The van der Waals surface area contributed by atoms with Gasteiger partial charge in [0.25, 0.3) is 0 Å². The van der Waals surface area contributed by atoms with E-state index in [2.05, 4.69) is 28.6 Å². The molecule has 190 valence electrons. The lowest BCUT2D eigenvalue weighted by molar-refractivity contribution is -0.142. The molecule has 0 aromatic carbocycles. The SMILES string of the molecule is CC(C)CC(NC(=O)C(CCC(N)=O)NC(=O)C(N)CS)C(=O)NC(CCCCN)C(=O)O. The number of primary amides is 1. The maximum atomic E-state index is 12.9. The van der Waals surface area contributed by atoms with Gasteiger partial charge in [-0.1, -0.05) is 13.8 Å². The van der Waals surface area contributed by atoms with Gasteiger partial charge in [0, 0.05) is 12.2 Å². The average Bonchev–Trinajstić information content (AvgIpc) is 2.73. The molecule has 0 rings (SSSR count). The van der Waals surface area contributed by atoms with E-state index < -0.39 is 53.8 Å². The van der Waals surface area contributed by atoms with Crippen LogP contribution in [0.4, 0.5) is 0 Å². The van der Waals surface area contributed by atoms with E-state index >= 15 is 0 Å². The molecule has 12 nitrogen and oxygen atoms in total. The molecule has 0 fully saturated rings. The first kappa shape index (κ1) is 30.6. The van der Waals surface area contributed by atoms with Gasteiger partial charge in [0.2, 0.25) is 23.6 Å². The highest BCUT2D eigenvalue weighted by atomic mass is 32.1. The lowest BCUT2D eigenvalue weighted by atomic mass is 10.0. The zero-order valence-corrected chi connectivity index (χ0v) is 20.1. The Morgan fingerprint density at radius 3 is 1.91 bits per heavy atom. The molecule has 4 atom stereocenters. The first-order valence-electron chi connectivity index (χ1n) is 10.9. The van der Waals surface area contributed by atoms with Crippen LogP contribution in [0.5, 0.6) is 0 Å². The van der Waals surface area contributed by atoms with Crippen molar-refractivity contribution in [3.8, 4) is 0 Å². The van der Waals surface area contributed by atoms with E-state index in [1.807, 2.05) is 13.8 Å². The monoisotopic (exact) mass is 490 g/mol. The Morgan fingerprint density at radius 2 is 1.42 bits per heavy atom.